The highest BCUT2D eigenvalue weighted by molar-refractivity contribution is 7.20. The number of fused-ring (bicyclic) bond motifs is 2. The highest BCUT2D eigenvalue weighted by atomic mass is 32.1. The van der Waals surface area contributed by atoms with E-state index in [4.69, 9.17) is 4.98 Å². The lowest BCUT2D eigenvalue weighted by atomic mass is 10.0. The topological polar surface area (TPSA) is 75.6 Å². The molecule has 1 amide bonds. The van der Waals surface area contributed by atoms with Crippen molar-refractivity contribution < 1.29 is 4.79 Å². The predicted octanol–water partition coefficient (Wildman–Crippen LogP) is 5.07. The standard InChI is InChI=1S/C22H27N5OS/c1-12(2)11-27-22-15(14(5)26-27)10-18(29-22)21(28)25-19(13(3)4)20-23-16-8-6-7-9-17(16)24-20/h6-10,12-13,19H,11H2,1-5H3,(H,23,24)(H,25,28). The molecule has 0 aliphatic carbocycles. The molecule has 152 valence electrons. The van der Waals surface area contributed by atoms with Crippen molar-refractivity contribution in [2.24, 2.45) is 11.8 Å². The van der Waals surface area contributed by atoms with Gasteiger partial charge in [0.1, 0.15) is 10.7 Å². The van der Waals surface area contributed by atoms with Gasteiger partial charge in [0.15, 0.2) is 0 Å². The summed E-state index contributed by atoms with van der Waals surface area (Å²) in [5, 5.41) is 8.88. The second kappa shape index (κ2) is 7.63. The number of H-pyrrole nitrogens is 1. The van der Waals surface area contributed by atoms with Crippen molar-refractivity contribution in [1.82, 2.24) is 25.1 Å². The molecular weight excluding hydrogens is 382 g/mol. The summed E-state index contributed by atoms with van der Waals surface area (Å²) < 4.78 is 2.02. The highest BCUT2D eigenvalue weighted by Gasteiger charge is 2.24. The summed E-state index contributed by atoms with van der Waals surface area (Å²) in [6, 6.07) is 9.70. The minimum Gasteiger partial charge on any atom is -0.341 e. The van der Waals surface area contributed by atoms with Gasteiger partial charge in [-0.15, -0.1) is 11.3 Å². The summed E-state index contributed by atoms with van der Waals surface area (Å²) >= 11 is 1.51. The van der Waals surface area contributed by atoms with Crippen molar-refractivity contribution in [3.05, 3.63) is 46.7 Å². The number of carbonyl (C=O) groups is 1. The lowest BCUT2D eigenvalue weighted by molar-refractivity contribution is 0.0927. The van der Waals surface area contributed by atoms with Crippen LogP contribution in [0.1, 0.15) is 54.9 Å². The Morgan fingerprint density at radius 1 is 1.24 bits per heavy atom. The van der Waals surface area contributed by atoms with E-state index in [9.17, 15) is 4.79 Å². The van der Waals surface area contributed by atoms with E-state index in [0.29, 0.717) is 10.8 Å². The fourth-order valence-electron chi connectivity index (χ4n) is 3.58. The maximum absolute atomic E-state index is 13.1. The molecule has 6 nitrogen and oxygen atoms in total. The third-order valence-corrected chi connectivity index (χ3v) is 6.17. The number of nitrogens with one attached hydrogen (secondary N) is 2. The van der Waals surface area contributed by atoms with E-state index in [1.165, 1.54) is 11.3 Å². The maximum Gasteiger partial charge on any atom is 0.262 e. The van der Waals surface area contributed by atoms with Crippen molar-refractivity contribution in [2.45, 2.75) is 47.2 Å². The van der Waals surface area contributed by atoms with Crippen molar-refractivity contribution in [3.63, 3.8) is 0 Å². The first-order valence-corrected chi connectivity index (χ1v) is 10.9. The van der Waals surface area contributed by atoms with Crippen LogP contribution >= 0.6 is 11.3 Å². The summed E-state index contributed by atoms with van der Waals surface area (Å²) in [6.45, 7) is 11.4. The summed E-state index contributed by atoms with van der Waals surface area (Å²) in [5.74, 6) is 1.42. The molecule has 0 saturated carbocycles. The number of thiophene rings is 1. The molecule has 0 bridgehead atoms. The highest BCUT2D eigenvalue weighted by Crippen LogP contribution is 2.30. The number of imidazole rings is 1. The normalized spacial score (nSPS) is 13.1. The molecule has 3 heterocycles. The van der Waals surface area contributed by atoms with Gasteiger partial charge in [0.05, 0.1) is 27.6 Å². The molecule has 0 radical (unpaired) electrons. The van der Waals surface area contributed by atoms with Gasteiger partial charge in [0.25, 0.3) is 5.91 Å². The third-order valence-electron chi connectivity index (χ3n) is 5.02. The van der Waals surface area contributed by atoms with E-state index in [2.05, 4.69) is 43.1 Å². The quantitative estimate of drug-likeness (QED) is 0.467. The molecule has 3 aromatic heterocycles. The molecule has 1 aromatic carbocycles. The fraction of sp³-hybridized carbons (Fsp3) is 0.409. The van der Waals surface area contributed by atoms with Gasteiger partial charge in [0.2, 0.25) is 0 Å². The van der Waals surface area contributed by atoms with Crippen LogP contribution in [0.4, 0.5) is 0 Å². The number of aromatic nitrogens is 4. The molecule has 4 aromatic rings. The minimum atomic E-state index is -0.187. The van der Waals surface area contributed by atoms with Gasteiger partial charge in [-0.3, -0.25) is 9.48 Å². The predicted molar refractivity (Wildman–Crippen MR) is 118 cm³/mol. The smallest absolute Gasteiger partial charge is 0.262 e. The molecule has 0 aliphatic heterocycles. The Hall–Kier alpha value is -2.67. The number of amides is 1. The number of carbonyl (C=O) groups excluding carboxylic acids is 1. The van der Waals surface area contributed by atoms with E-state index in [-0.39, 0.29) is 17.9 Å². The lowest BCUT2D eigenvalue weighted by Crippen LogP contribution is -2.32. The van der Waals surface area contributed by atoms with Gasteiger partial charge in [0, 0.05) is 11.9 Å². The van der Waals surface area contributed by atoms with Crippen LogP contribution < -0.4 is 5.32 Å². The largest absolute Gasteiger partial charge is 0.341 e. The van der Waals surface area contributed by atoms with Crippen LogP contribution in [0.5, 0.6) is 0 Å². The average Bonchev–Trinajstić information content (AvgIpc) is 3.34. The monoisotopic (exact) mass is 409 g/mol. The number of para-hydroxylation sites is 2. The average molecular weight is 410 g/mol. The number of aryl methyl sites for hydroxylation is 1. The first kappa shape index (κ1) is 19.6. The second-order valence-electron chi connectivity index (χ2n) is 8.33. The van der Waals surface area contributed by atoms with Crippen LogP contribution in [0, 0.1) is 18.8 Å². The minimum absolute atomic E-state index is 0.0687. The molecule has 0 fully saturated rings. The molecular formula is C22H27N5OS. The van der Waals surface area contributed by atoms with Crippen molar-refractivity contribution in [1.29, 1.82) is 0 Å². The number of aromatic amines is 1. The van der Waals surface area contributed by atoms with Crippen LogP contribution in [0.25, 0.3) is 21.3 Å². The summed E-state index contributed by atoms with van der Waals surface area (Å²) in [7, 11) is 0. The second-order valence-corrected chi connectivity index (χ2v) is 9.36. The number of hydrogen-bond donors (Lipinski definition) is 2. The Morgan fingerprint density at radius 3 is 2.69 bits per heavy atom. The van der Waals surface area contributed by atoms with Crippen LogP contribution in [0.15, 0.2) is 30.3 Å². The molecule has 2 N–H and O–H groups in total. The van der Waals surface area contributed by atoms with Crippen LogP contribution in [0.3, 0.4) is 0 Å². The number of nitrogens with zero attached hydrogens (tertiary/aromatic N) is 3. The Morgan fingerprint density at radius 2 is 2.00 bits per heavy atom. The maximum atomic E-state index is 13.1. The first-order valence-electron chi connectivity index (χ1n) is 10.1. The SMILES string of the molecule is Cc1nn(CC(C)C)c2sc(C(=O)NC(c3nc4ccccc4[nH]3)C(C)C)cc12. The van der Waals surface area contributed by atoms with Crippen LogP contribution in [0.2, 0.25) is 0 Å². The van der Waals surface area contributed by atoms with Gasteiger partial charge in [-0.05, 0) is 37.0 Å². The third kappa shape index (κ3) is 3.79. The van der Waals surface area contributed by atoms with E-state index in [1.54, 1.807) is 0 Å². The number of hydrogen-bond acceptors (Lipinski definition) is 4. The molecule has 7 heteroatoms. The van der Waals surface area contributed by atoms with Gasteiger partial charge in [-0.2, -0.15) is 5.10 Å². The molecule has 1 unspecified atom stereocenters. The van der Waals surface area contributed by atoms with E-state index in [0.717, 1.165) is 39.3 Å². The zero-order chi connectivity index (χ0) is 20.7. The van der Waals surface area contributed by atoms with E-state index < -0.39 is 0 Å². The zero-order valence-electron chi connectivity index (χ0n) is 17.5. The Kier molecular flexibility index (Phi) is 5.17. The van der Waals surface area contributed by atoms with Crippen molar-refractivity contribution in [2.75, 3.05) is 0 Å². The Bertz CT molecular complexity index is 1130. The number of rotatable bonds is 6. The molecule has 29 heavy (non-hydrogen) atoms. The van der Waals surface area contributed by atoms with Crippen molar-refractivity contribution in [3.8, 4) is 0 Å². The fourth-order valence-corrected chi connectivity index (χ4v) is 4.65. The Balaban J connectivity index is 1.62. The summed E-state index contributed by atoms with van der Waals surface area (Å²) in [6.07, 6.45) is 0. The summed E-state index contributed by atoms with van der Waals surface area (Å²) in [4.78, 5) is 22.9. The molecule has 1 atom stereocenters. The molecule has 0 aliphatic rings. The lowest BCUT2D eigenvalue weighted by Gasteiger charge is -2.20. The number of benzene rings is 1. The van der Waals surface area contributed by atoms with Crippen LogP contribution in [-0.2, 0) is 6.54 Å². The van der Waals surface area contributed by atoms with Crippen molar-refractivity contribution >= 4 is 38.5 Å². The summed E-state index contributed by atoms with van der Waals surface area (Å²) in [5.41, 5.74) is 2.86. The molecule has 0 saturated heterocycles. The van der Waals surface area contributed by atoms with Crippen LogP contribution in [-0.4, -0.2) is 25.7 Å². The molecule has 4 rings (SSSR count). The van der Waals surface area contributed by atoms with Gasteiger partial charge in [-0.1, -0.05) is 39.8 Å². The Labute approximate surface area is 174 Å². The van der Waals surface area contributed by atoms with E-state index >= 15 is 0 Å². The van der Waals surface area contributed by atoms with Gasteiger partial charge < -0.3 is 10.3 Å². The van der Waals surface area contributed by atoms with Gasteiger partial charge in [-0.25, -0.2) is 4.98 Å². The van der Waals surface area contributed by atoms with E-state index in [1.807, 2.05) is 41.9 Å². The van der Waals surface area contributed by atoms with Gasteiger partial charge >= 0.3 is 0 Å². The molecule has 0 spiro atoms. The first-order chi connectivity index (χ1) is 13.8. The zero-order valence-corrected chi connectivity index (χ0v) is 18.3.